The quantitative estimate of drug-likeness (QED) is 0.524. The maximum atomic E-state index is 11.6. The first kappa shape index (κ1) is 15.9. The SMILES string of the molecule is CCC(=O)Nc1ccc2nc(-c3cccs3)c(-c3cccs3)nc2c1. The van der Waals surface area contributed by atoms with E-state index in [1.54, 1.807) is 22.7 Å². The fraction of sp³-hybridized carbons (Fsp3) is 0.105. The molecule has 0 spiro atoms. The molecule has 4 nitrogen and oxygen atoms in total. The maximum Gasteiger partial charge on any atom is 0.224 e. The van der Waals surface area contributed by atoms with Gasteiger partial charge >= 0.3 is 0 Å². The van der Waals surface area contributed by atoms with Crippen LogP contribution in [0.25, 0.3) is 32.2 Å². The van der Waals surface area contributed by atoms with Gasteiger partial charge in [-0.15, -0.1) is 22.7 Å². The lowest BCUT2D eigenvalue weighted by Gasteiger charge is -2.09. The first-order chi connectivity index (χ1) is 12.2. The van der Waals surface area contributed by atoms with Crippen LogP contribution in [0.3, 0.4) is 0 Å². The Morgan fingerprint density at radius 1 is 0.960 bits per heavy atom. The third kappa shape index (κ3) is 3.18. The molecular formula is C19H15N3OS2. The first-order valence-corrected chi connectivity index (χ1v) is 9.70. The summed E-state index contributed by atoms with van der Waals surface area (Å²) in [5.41, 5.74) is 4.12. The van der Waals surface area contributed by atoms with Crippen LogP contribution in [-0.4, -0.2) is 15.9 Å². The highest BCUT2D eigenvalue weighted by Gasteiger charge is 2.15. The summed E-state index contributed by atoms with van der Waals surface area (Å²) in [5.74, 6) is -0.0130. The standard InChI is InChI=1S/C19H15N3OS2/c1-2-17(23)20-12-7-8-13-14(11-12)22-19(16-6-4-10-25-16)18(21-13)15-5-3-9-24-15/h3-11H,2H2,1H3,(H,20,23). The first-order valence-electron chi connectivity index (χ1n) is 7.94. The molecule has 0 saturated carbocycles. The predicted octanol–water partition coefficient (Wildman–Crippen LogP) is 5.44. The third-order valence-electron chi connectivity index (χ3n) is 3.78. The van der Waals surface area contributed by atoms with Crippen molar-refractivity contribution >= 4 is 45.3 Å². The van der Waals surface area contributed by atoms with Gasteiger partial charge in [0.05, 0.1) is 20.8 Å². The van der Waals surface area contributed by atoms with Gasteiger partial charge in [-0.25, -0.2) is 9.97 Å². The van der Waals surface area contributed by atoms with E-state index in [-0.39, 0.29) is 5.91 Å². The van der Waals surface area contributed by atoms with E-state index in [4.69, 9.17) is 9.97 Å². The van der Waals surface area contributed by atoms with Gasteiger partial charge in [-0.2, -0.15) is 0 Å². The number of anilines is 1. The van der Waals surface area contributed by atoms with Crippen LogP contribution in [-0.2, 0) is 4.79 Å². The maximum absolute atomic E-state index is 11.6. The molecule has 0 atom stereocenters. The molecule has 25 heavy (non-hydrogen) atoms. The van der Waals surface area contributed by atoms with Gasteiger partial charge in [-0.3, -0.25) is 4.79 Å². The molecule has 0 unspecified atom stereocenters. The van der Waals surface area contributed by atoms with Crippen LogP contribution in [0.4, 0.5) is 5.69 Å². The van der Waals surface area contributed by atoms with Crippen molar-refractivity contribution in [2.75, 3.05) is 5.32 Å². The van der Waals surface area contributed by atoms with Crippen molar-refractivity contribution in [3.63, 3.8) is 0 Å². The molecule has 0 radical (unpaired) electrons. The average molecular weight is 365 g/mol. The molecule has 1 aromatic carbocycles. The van der Waals surface area contributed by atoms with Crippen LogP contribution in [0, 0.1) is 0 Å². The lowest BCUT2D eigenvalue weighted by Crippen LogP contribution is -2.09. The van der Waals surface area contributed by atoms with Crippen LogP contribution in [0.5, 0.6) is 0 Å². The molecule has 0 aliphatic carbocycles. The topological polar surface area (TPSA) is 54.9 Å². The number of nitrogens with one attached hydrogen (secondary N) is 1. The van der Waals surface area contributed by atoms with E-state index in [1.807, 2.05) is 48.0 Å². The zero-order valence-corrected chi connectivity index (χ0v) is 15.2. The molecule has 4 aromatic rings. The van der Waals surface area contributed by atoms with Gasteiger partial charge < -0.3 is 5.32 Å². The van der Waals surface area contributed by atoms with Crippen LogP contribution in [0.15, 0.2) is 53.2 Å². The highest BCUT2D eigenvalue weighted by Crippen LogP contribution is 2.35. The van der Waals surface area contributed by atoms with E-state index in [2.05, 4.69) is 17.4 Å². The van der Waals surface area contributed by atoms with Gasteiger partial charge in [0.15, 0.2) is 0 Å². The van der Waals surface area contributed by atoms with Crippen molar-refractivity contribution in [3.05, 3.63) is 53.2 Å². The van der Waals surface area contributed by atoms with Crippen molar-refractivity contribution in [1.82, 2.24) is 9.97 Å². The summed E-state index contributed by atoms with van der Waals surface area (Å²) in [5, 5.41) is 6.96. The van der Waals surface area contributed by atoms with Crippen LogP contribution >= 0.6 is 22.7 Å². The Morgan fingerprint density at radius 2 is 1.60 bits per heavy atom. The number of nitrogens with zero attached hydrogens (tertiary/aromatic N) is 2. The molecule has 3 heterocycles. The van der Waals surface area contributed by atoms with E-state index < -0.39 is 0 Å². The third-order valence-corrected chi connectivity index (χ3v) is 5.53. The molecular weight excluding hydrogens is 350 g/mol. The van der Waals surface area contributed by atoms with E-state index in [0.717, 1.165) is 37.9 Å². The number of benzene rings is 1. The average Bonchev–Trinajstić information content (AvgIpc) is 3.34. The summed E-state index contributed by atoms with van der Waals surface area (Å²) in [6.45, 7) is 1.83. The molecule has 3 aromatic heterocycles. The summed E-state index contributed by atoms with van der Waals surface area (Å²) in [4.78, 5) is 23.5. The number of amides is 1. The number of hydrogen-bond acceptors (Lipinski definition) is 5. The van der Waals surface area contributed by atoms with Gasteiger partial charge in [0.1, 0.15) is 11.4 Å². The highest BCUT2D eigenvalue weighted by molar-refractivity contribution is 7.14. The van der Waals surface area contributed by atoms with Crippen molar-refractivity contribution in [3.8, 4) is 21.1 Å². The predicted molar refractivity (Wildman–Crippen MR) is 105 cm³/mol. The number of carbonyl (C=O) groups excluding carboxylic acids is 1. The van der Waals surface area contributed by atoms with E-state index in [9.17, 15) is 4.79 Å². The minimum Gasteiger partial charge on any atom is -0.326 e. The number of aromatic nitrogens is 2. The normalized spacial score (nSPS) is 10.9. The Hall–Kier alpha value is -2.57. The lowest BCUT2D eigenvalue weighted by molar-refractivity contribution is -0.115. The second-order valence-electron chi connectivity index (χ2n) is 5.48. The molecule has 0 fully saturated rings. The zero-order valence-electron chi connectivity index (χ0n) is 13.5. The second kappa shape index (κ2) is 6.74. The summed E-state index contributed by atoms with van der Waals surface area (Å²) >= 11 is 3.30. The van der Waals surface area contributed by atoms with Gasteiger partial charge in [0.2, 0.25) is 5.91 Å². The van der Waals surface area contributed by atoms with Crippen LogP contribution < -0.4 is 5.32 Å². The smallest absolute Gasteiger partial charge is 0.224 e. The van der Waals surface area contributed by atoms with Crippen molar-refractivity contribution in [2.45, 2.75) is 13.3 Å². The van der Waals surface area contributed by atoms with E-state index in [0.29, 0.717) is 6.42 Å². The molecule has 1 amide bonds. The largest absolute Gasteiger partial charge is 0.326 e. The molecule has 0 aliphatic heterocycles. The highest BCUT2D eigenvalue weighted by atomic mass is 32.1. The Labute approximate surface area is 153 Å². The summed E-state index contributed by atoms with van der Waals surface area (Å²) in [6.07, 6.45) is 0.446. The molecule has 1 N–H and O–H groups in total. The van der Waals surface area contributed by atoms with Crippen LogP contribution in [0.2, 0.25) is 0 Å². The molecule has 6 heteroatoms. The molecule has 0 saturated heterocycles. The van der Waals surface area contributed by atoms with Gasteiger partial charge in [-0.1, -0.05) is 19.1 Å². The number of hydrogen-bond donors (Lipinski definition) is 1. The molecule has 4 rings (SSSR count). The minimum absolute atomic E-state index is 0.0130. The van der Waals surface area contributed by atoms with E-state index >= 15 is 0 Å². The van der Waals surface area contributed by atoms with Crippen molar-refractivity contribution in [1.29, 1.82) is 0 Å². The zero-order chi connectivity index (χ0) is 17.2. The number of carbonyl (C=O) groups is 1. The fourth-order valence-corrected chi connectivity index (χ4v) is 3.98. The number of fused-ring (bicyclic) bond motifs is 1. The van der Waals surface area contributed by atoms with Gasteiger partial charge in [-0.05, 0) is 41.1 Å². The molecule has 124 valence electrons. The van der Waals surface area contributed by atoms with E-state index in [1.165, 1.54) is 0 Å². The second-order valence-corrected chi connectivity index (χ2v) is 7.38. The van der Waals surface area contributed by atoms with Crippen LogP contribution in [0.1, 0.15) is 13.3 Å². The van der Waals surface area contributed by atoms with Gasteiger partial charge in [0.25, 0.3) is 0 Å². The Balaban J connectivity index is 1.89. The van der Waals surface area contributed by atoms with Gasteiger partial charge in [0, 0.05) is 12.1 Å². The minimum atomic E-state index is -0.0130. The fourth-order valence-electron chi connectivity index (χ4n) is 2.55. The Morgan fingerprint density at radius 3 is 2.16 bits per heavy atom. The molecule has 0 aliphatic rings. The van der Waals surface area contributed by atoms with Crippen molar-refractivity contribution < 1.29 is 4.79 Å². The number of thiophene rings is 2. The Bertz CT molecular complexity index is 1020. The summed E-state index contributed by atoms with van der Waals surface area (Å²) < 4.78 is 0. The Kier molecular flexibility index (Phi) is 4.29. The lowest BCUT2D eigenvalue weighted by atomic mass is 10.2. The summed E-state index contributed by atoms with van der Waals surface area (Å²) in [6, 6.07) is 13.8. The summed E-state index contributed by atoms with van der Waals surface area (Å²) in [7, 11) is 0. The monoisotopic (exact) mass is 365 g/mol. The van der Waals surface area contributed by atoms with Crippen molar-refractivity contribution in [2.24, 2.45) is 0 Å². The molecule has 0 bridgehead atoms. The number of rotatable bonds is 4.